The van der Waals surface area contributed by atoms with Crippen molar-refractivity contribution in [1.82, 2.24) is 15.5 Å². The summed E-state index contributed by atoms with van der Waals surface area (Å²) in [5.41, 5.74) is 1.12. The van der Waals surface area contributed by atoms with Gasteiger partial charge in [-0.3, -0.25) is 4.79 Å². The second-order valence-corrected chi connectivity index (χ2v) is 11.3. The van der Waals surface area contributed by atoms with E-state index in [-0.39, 0.29) is 34.3 Å². The normalized spacial score (nSPS) is 26.7. The molecule has 29 heavy (non-hydrogen) atoms. The van der Waals surface area contributed by atoms with Crippen molar-refractivity contribution in [3.8, 4) is 0 Å². The number of carbonyl (C=O) groups is 2. The lowest BCUT2D eigenvalue weighted by atomic mass is 9.65. The summed E-state index contributed by atoms with van der Waals surface area (Å²) in [6.45, 7) is 13.5. The van der Waals surface area contributed by atoms with Gasteiger partial charge in [0.15, 0.2) is 0 Å². The van der Waals surface area contributed by atoms with Crippen LogP contribution in [0.3, 0.4) is 0 Å². The lowest BCUT2D eigenvalue weighted by Gasteiger charge is -2.39. The van der Waals surface area contributed by atoms with Crippen LogP contribution in [0.1, 0.15) is 66.4 Å². The van der Waals surface area contributed by atoms with E-state index < -0.39 is 6.04 Å². The van der Waals surface area contributed by atoms with Crippen LogP contribution in [-0.2, 0) is 11.2 Å². The highest BCUT2D eigenvalue weighted by atomic mass is 16.2. The van der Waals surface area contributed by atoms with Crippen molar-refractivity contribution in [3.63, 3.8) is 0 Å². The number of carbonyl (C=O) groups excluding carboxylic acids is 2. The second kappa shape index (κ2) is 7.66. The van der Waals surface area contributed by atoms with Crippen LogP contribution in [0.5, 0.6) is 0 Å². The Labute approximate surface area is 175 Å². The Bertz CT molecular complexity index is 753. The van der Waals surface area contributed by atoms with Crippen molar-refractivity contribution >= 4 is 11.9 Å². The van der Waals surface area contributed by atoms with Crippen molar-refractivity contribution in [2.75, 3.05) is 6.54 Å². The average molecular weight is 400 g/mol. The molecular formula is C24H37N3O2. The van der Waals surface area contributed by atoms with Crippen molar-refractivity contribution < 1.29 is 9.59 Å². The summed E-state index contributed by atoms with van der Waals surface area (Å²) in [6, 6.07) is 9.34. The molecule has 1 heterocycles. The highest BCUT2D eigenvalue weighted by Crippen LogP contribution is 2.52. The van der Waals surface area contributed by atoms with E-state index in [9.17, 15) is 9.59 Å². The number of hydrogen-bond acceptors (Lipinski definition) is 2. The maximum atomic E-state index is 13.6. The molecular weight excluding hydrogens is 362 g/mol. The van der Waals surface area contributed by atoms with Crippen LogP contribution in [0.15, 0.2) is 30.3 Å². The minimum Gasteiger partial charge on any atom is -0.337 e. The monoisotopic (exact) mass is 399 g/mol. The first-order valence-electron chi connectivity index (χ1n) is 10.8. The maximum absolute atomic E-state index is 13.6. The van der Waals surface area contributed by atoms with E-state index in [1.807, 2.05) is 51.1 Å². The fourth-order valence-electron chi connectivity index (χ4n) is 5.50. The summed E-state index contributed by atoms with van der Waals surface area (Å²) in [6.07, 6.45) is 3.73. The Balaban J connectivity index is 1.79. The zero-order chi connectivity index (χ0) is 21.4. The van der Waals surface area contributed by atoms with Gasteiger partial charge in [-0.15, -0.1) is 0 Å². The molecule has 2 fully saturated rings. The summed E-state index contributed by atoms with van der Waals surface area (Å²) in [7, 11) is 0. The third-order valence-electron chi connectivity index (χ3n) is 6.07. The van der Waals surface area contributed by atoms with E-state index >= 15 is 0 Å². The van der Waals surface area contributed by atoms with Gasteiger partial charge in [-0.05, 0) is 56.4 Å². The van der Waals surface area contributed by atoms with Crippen LogP contribution in [0.25, 0.3) is 0 Å². The fourth-order valence-corrected chi connectivity index (χ4v) is 5.50. The highest BCUT2D eigenvalue weighted by molar-refractivity contribution is 5.88. The summed E-state index contributed by atoms with van der Waals surface area (Å²) < 4.78 is 0. The third kappa shape index (κ3) is 5.52. The molecule has 5 heteroatoms. The lowest BCUT2D eigenvalue weighted by Crippen LogP contribution is -2.56. The standard InChI is InChI=1S/C24H37N3O2/c1-22(2,3)26-21(29)25-19(12-17-10-8-7-9-11-17)20(28)27-16-24(6)14-18(27)13-23(4,5)15-24/h7-11,18-19H,12-16H2,1-6H3,(H2,25,26,29). The van der Waals surface area contributed by atoms with Crippen LogP contribution in [0.4, 0.5) is 4.79 Å². The molecule has 1 aliphatic heterocycles. The molecule has 3 unspecified atom stereocenters. The van der Waals surface area contributed by atoms with Gasteiger partial charge in [0, 0.05) is 24.5 Å². The largest absolute Gasteiger partial charge is 0.337 e. The Morgan fingerprint density at radius 1 is 1.14 bits per heavy atom. The predicted molar refractivity (Wildman–Crippen MR) is 117 cm³/mol. The molecule has 1 aromatic rings. The van der Waals surface area contributed by atoms with Gasteiger partial charge in [0.2, 0.25) is 5.91 Å². The third-order valence-corrected chi connectivity index (χ3v) is 6.07. The number of amides is 3. The summed E-state index contributed by atoms with van der Waals surface area (Å²) in [5, 5.41) is 5.90. The Morgan fingerprint density at radius 3 is 2.41 bits per heavy atom. The molecule has 2 N–H and O–H groups in total. The minimum absolute atomic E-state index is 0.0457. The first-order valence-corrected chi connectivity index (χ1v) is 10.8. The van der Waals surface area contributed by atoms with Crippen molar-refractivity contribution in [2.24, 2.45) is 10.8 Å². The molecule has 3 atom stereocenters. The molecule has 2 aliphatic rings. The molecule has 0 spiro atoms. The minimum atomic E-state index is -0.564. The zero-order valence-corrected chi connectivity index (χ0v) is 18.8. The highest BCUT2D eigenvalue weighted by Gasteiger charge is 2.51. The van der Waals surface area contributed by atoms with Crippen LogP contribution in [0, 0.1) is 10.8 Å². The van der Waals surface area contributed by atoms with Gasteiger partial charge in [-0.2, -0.15) is 0 Å². The maximum Gasteiger partial charge on any atom is 0.315 e. The first kappa shape index (κ1) is 21.7. The van der Waals surface area contributed by atoms with E-state index in [4.69, 9.17) is 0 Å². The SMILES string of the molecule is CC1(C)CC2CC(C)(CN2C(=O)C(Cc2ccccc2)NC(=O)NC(C)(C)C)C1. The van der Waals surface area contributed by atoms with Crippen molar-refractivity contribution in [1.29, 1.82) is 0 Å². The Hall–Kier alpha value is -2.04. The van der Waals surface area contributed by atoms with Gasteiger partial charge in [-0.25, -0.2) is 4.79 Å². The van der Waals surface area contributed by atoms with Crippen molar-refractivity contribution in [2.45, 2.75) is 84.8 Å². The van der Waals surface area contributed by atoms with Gasteiger partial charge in [0.25, 0.3) is 0 Å². The quantitative estimate of drug-likeness (QED) is 0.800. The smallest absolute Gasteiger partial charge is 0.315 e. The average Bonchev–Trinajstić information content (AvgIpc) is 2.81. The van der Waals surface area contributed by atoms with E-state index in [1.54, 1.807) is 0 Å². The molecule has 3 rings (SSSR count). The van der Waals surface area contributed by atoms with Gasteiger partial charge in [0.1, 0.15) is 6.04 Å². The van der Waals surface area contributed by atoms with E-state index in [2.05, 4.69) is 36.3 Å². The number of nitrogens with zero attached hydrogens (tertiary/aromatic N) is 1. The molecule has 1 aliphatic carbocycles. The van der Waals surface area contributed by atoms with Crippen molar-refractivity contribution in [3.05, 3.63) is 35.9 Å². The number of likely N-dealkylation sites (tertiary alicyclic amines) is 1. The Kier molecular flexibility index (Phi) is 5.72. The van der Waals surface area contributed by atoms with Gasteiger partial charge >= 0.3 is 6.03 Å². The Morgan fingerprint density at radius 2 is 1.79 bits per heavy atom. The molecule has 2 bridgehead atoms. The molecule has 0 aromatic heterocycles. The van der Waals surface area contributed by atoms with Gasteiger partial charge in [0.05, 0.1) is 0 Å². The van der Waals surface area contributed by atoms with E-state index in [0.717, 1.165) is 31.4 Å². The van der Waals surface area contributed by atoms with Crippen LogP contribution in [-0.4, -0.2) is 41.0 Å². The lowest BCUT2D eigenvalue weighted by molar-refractivity contribution is -0.134. The van der Waals surface area contributed by atoms with Gasteiger partial charge < -0.3 is 15.5 Å². The number of nitrogens with one attached hydrogen (secondary N) is 2. The molecule has 5 nitrogen and oxygen atoms in total. The number of urea groups is 1. The predicted octanol–water partition coefficient (Wildman–Crippen LogP) is 4.12. The molecule has 1 saturated heterocycles. The summed E-state index contributed by atoms with van der Waals surface area (Å²) in [5.74, 6) is 0.0457. The topological polar surface area (TPSA) is 61.4 Å². The number of hydrogen-bond donors (Lipinski definition) is 2. The first-order chi connectivity index (χ1) is 13.4. The van der Waals surface area contributed by atoms with Crippen LogP contribution in [0.2, 0.25) is 0 Å². The molecule has 1 aromatic carbocycles. The number of fused-ring (bicyclic) bond motifs is 2. The number of benzene rings is 1. The molecule has 160 valence electrons. The van der Waals surface area contributed by atoms with Gasteiger partial charge in [-0.1, -0.05) is 51.1 Å². The molecule has 3 amide bonds. The van der Waals surface area contributed by atoms with Crippen LogP contribution >= 0.6 is 0 Å². The molecule has 0 radical (unpaired) electrons. The summed E-state index contributed by atoms with van der Waals surface area (Å²) >= 11 is 0. The number of rotatable bonds is 4. The summed E-state index contributed by atoms with van der Waals surface area (Å²) in [4.78, 5) is 28.3. The van der Waals surface area contributed by atoms with E-state index in [0.29, 0.717) is 6.42 Å². The molecule has 1 saturated carbocycles. The zero-order valence-electron chi connectivity index (χ0n) is 18.8. The fraction of sp³-hybridized carbons (Fsp3) is 0.667. The van der Waals surface area contributed by atoms with Crippen LogP contribution < -0.4 is 10.6 Å². The van der Waals surface area contributed by atoms with E-state index in [1.165, 1.54) is 0 Å². The second-order valence-electron chi connectivity index (χ2n) is 11.3.